The van der Waals surface area contributed by atoms with E-state index in [-0.39, 0.29) is 18.6 Å². The van der Waals surface area contributed by atoms with Crippen LogP contribution in [0.3, 0.4) is 0 Å². The van der Waals surface area contributed by atoms with Crippen LogP contribution in [0, 0.1) is 0 Å². The third kappa shape index (κ3) is 7.49. The number of epoxide rings is 1. The molecule has 1 aliphatic heterocycles. The fourth-order valence-electron chi connectivity index (χ4n) is 0.598. The molecule has 1 saturated heterocycles. The molecular formula is C9H17NO3. The Hall–Kier alpha value is -0.870. The molecule has 1 rings (SSSR count). The van der Waals surface area contributed by atoms with Crippen molar-refractivity contribution in [1.29, 1.82) is 0 Å². The highest BCUT2D eigenvalue weighted by molar-refractivity contribution is 5.91. The summed E-state index contributed by atoms with van der Waals surface area (Å²) in [6, 6.07) is 0. The van der Waals surface area contributed by atoms with Crippen molar-refractivity contribution in [2.75, 3.05) is 13.2 Å². The van der Waals surface area contributed by atoms with Crippen LogP contribution in [0.5, 0.6) is 0 Å². The minimum absolute atomic E-state index is 0.190. The van der Waals surface area contributed by atoms with Gasteiger partial charge in [-0.25, -0.2) is 0 Å². The summed E-state index contributed by atoms with van der Waals surface area (Å²) >= 11 is 0. The molecule has 0 aliphatic carbocycles. The molecule has 13 heavy (non-hydrogen) atoms. The Morgan fingerprint density at radius 3 is 2.38 bits per heavy atom. The summed E-state index contributed by atoms with van der Waals surface area (Å²) in [5.74, 6) is -0.383. The zero-order valence-electron chi connectivity index (χ0n) is 7.95. The maximum atomic E-state index is 10.2. The Balaban J connectivity index is 0.000000243. The molecule has 3 N–H and O–H groups in total. The van der Waals surface area contributed by atoms with Crippen molar-refractivity contribution in [2.24, 2.45) is 5.73 Å². The third-order valence-electron chi connectivity index (χ3n) is 1.51. The molecule has 0 radical (unpaired) electrons. The van der Waals surface area contributed by atoms with Crippen molar-refractivity contribution in [1.82, 2.24) is 0 Å². The number of primary amides is 1. The average Bonchev–Trinajstić information content (AvgIpc) is 2.88. The predicted octanol–water partition coefficient (Wildman–Crippen LogP) is 0.206. The molecule has 1 unspecified atom stereocenters. The number of hydrogen-bond acceptors (Lipinski definition) is 3. The lowest BCUT2D eigenvalue weighted by Gasteiger charge is -1.93. The molecule has 76 valence electrons. The van der Waals surface area contributed by atoms with E-state index in [9.17, 15) is 4.79 Å². The normalized spacial score (nSPS) is 18.5. The lowest BCUT2D eigenvalue weighted by atomic mass is 10.2. The van der Waals surface area contributed by atoms with Crippen molar-refractivity contribution in [3.05, 3.63) is 12.2 Å². The monoisotopic (exact) mass is 187 g/mol. The van der Waals surface area contributed by atoms with Crippen LogP contribution >= 0.6 is 0 Å². The summed E-state index contributed by atoms with van der Waals surface area (Å²) in [7, 11) is 0. The molecule has 1 heterocycles. The molecule has 0 spiro atoms. The Kier molecular flexibility index (Phi) is 6.18. The summed E-state index contributed by atoms with van der Waals surface area (Å²) in [6.45, 7) is 6.40. The molecule has 1 amide bonds. The molecule has 0 bridgehead atoms. The highest BCUT2D eigenvalue weighted by Crippen LogP contribution is 2.04. The summed E-state index contributed by atoms with van der Waals surface area (Å²) < 4.78 is 4.61. The number of aliphatic hydroxyl groups excluding tert-OH is 1. The van der Waals surface area contributed by atoms with E-state index < -0.39 is 0 Å². The van der Waals surface area contributed by atoms with Crippen LogP contribution in [0.15, 0.2) is 12.2 Å². The second-order valence-corrected chi connectivity index (χ2v) is 2.86. The molecule has 4 heteroatoms. The van der Waals surface area contributed by atoms with Gasteiger partial charge in [0.15, 0.2) is 0 Å². The topological polar surface area (TPSA) is 75.9 Å². The van der Waals surface area contributed by atoms with Gasteiger partial charge in [-0.1, -0.05) is 19.9 Å². The van der Waals surface area contributed by atoms with Crippen molar-refractivity contribution in [2.45, 2.75) is 25.9 Å². The van der Waals surface area contributed by atoms with Crippen molar-refractivity contribution >= 4 is 5.91 Å². The highest BCUT2D eigenvalue weighted by Gasteiger charge is 2.19. The van der Waals surface area contributed by atoms with E-state index >= 15 is 0 Å². The van der Waals surface area contributed by atoms with Crippen LogP contribution in [0.1, 0.15) is 19.8 Å². The Labute approximate surface area is 78.4 Å². The van der Waals surface area contributed by atoms with Crippen molar-refractivity contribution in [3.8, 4) is 0 Å². The molecule has 0 aromatic heterocycles. The SMILES string of the molecule is C=C(CCC)C(N)=O.OCC1CO1. The number of carbonyl (C=O) groups excluding carboxylic acids is 1. The number of rotatable bonds is 4. The minimum Gasteiger partial charge on any atom is -0.394 e. The number of carbonyl (C=O) groups is 1. The first-order chi connectivity index (χ1) is 6.11. The van der Waals surface area contributed by atoms with E-state index in [1.807, 2.05) is 6.92 Å². The van der Waals surface area contributed by atoms with E-state index in [0.717, 1.165) is 19.4 Å². The van der Waals surface area contributed by atoms with Gasteiger partial charge in [0.1, 0.15) is 6.10 Å². The van der Waals surface area contributed by atoms with Crippen LogP contribution in [0.2, 0.25) is 0 Å². The first-order valence-electron chi connectivity index (χ1n) is 4.31. The molecule has 0 saturated carbocycles. The molecule has 0 aromatic carbocycles. The maximum absolute atomic E-state index is 10.2. The van der Waals surface area contributed by atoms with Crippen LogP contribution in [-0.4, -0.2) is 30.3 Å². The molecule has 4 nitrogen and oxygen atoms in total. The smallest absolute Gasteiger partial charge is 0.244 e. The van der Waals surface area contributed by atoms with Crippen LogP contribution in [-0.2, 0) is 9.53 Å². The number of amides is 1. The quantitative estimate of drug-likeness (QED) is 0.488. The van der Waals surface area contributed by atoms with Gasteiger partial charge in [0.25, 0.3) is 0 Å². The molecule has 1 fully saturated rings. The van der Waals surface area contributed by atoms with Crippen molar-refractivity contribution < 1.29 is 14.6 Å². The summed E-state index contributed by atoms with van der Waals surface area (Å²) in [6.07, 6.45) is 1.84. The summed E-state index contributed by atoms with van der Waals surface area (Å²) in [4.78, 5) is 10.2. The first-order valence-corrected chi connectivity index (χ1v) is 4.31. The fourth-order valence-corrected chi connectivity index (χ4v) is 0.598. The number of aliphatic hydroxyl groups is 1. The molecular weight excluding hydrogens is 170 g/mol. The minimum atomic E-state index is -0.383. The van der Waals surface area contributed by atoms with E-state index in [1.54, 1.807) is 0 Å². The second kappa shape index (κ2) is 6.62. The summed E-state index contributed by atoms with van der Waals surface area (Å²) in [5, 5.41) is 8.08. The van der Waals surface area contributed by atoms with Gasteiger partial charge in [-0.3, -0.25) is 4.79 Å². The number of hydrogen-bond donors (Lipinski definition) is 2. The summed E-state index contributed by atoms with van der Waals surface area (Å²) in [5.41, 5.74) is 5.40. The Morgan fingerprint density at radius 1 is 1.77 bits per heavy atom. The van der Waals surface area contributed by atoms with Crippen LogP contribution in [0.25, 0.3) is 0 Å². The third-order valence-corrected chi connectivity index (χ3v) is 1.51. The molecule has 1 atom stereocenters. The fraction of sp³-hybridized carbons (Fsp3) is 0.667. The van der Waals surface area contributed by atoms with Gasteiger partial charge in [-0.2, -0.15) is 0 Å². The zero-order chi connectivity index (χ0) is 10.3. The van der Waals surface area contributed by atoms with Crippen molar-refractivity contribution in [3.63, 3.8) is 0 Å². The molecule has 1 aliphatic rings. The number of ether oxygens (including phenoxy) is 1. The van der Waals surface area contributed by atoms with Crippen LogP contribution < -0.4 is 5.73 Å². The average molecular weight is 187 g/mol. The first kappa shape index (κ1) is 12.1. The largest absolute Gasteiger partial charge is 0.394 e. The highest BCUT2D eigenvalue weighted by atomic mass is 16.6. The van der Waals surface area contributed by atoms with Gasteiger partial charge in [0.05, 0.1) is 13.2 Å². The van der Waals surface area contributed by atoms with Gasteiger partial charge in [-0.05, 0) is 6.42 Å². The Bertz CT molecular complexity index is 176. The van der Waals surface area contributed by atoms with Crippen LogP contribution in [0.4, 0.5) is 0 Å². The van der Waals surface area contributed by atoms with E-state index in [1.165, 1.54) is 0 Å². The van der Waals surface area contributed by atoms with Gasteiger partial charge >= 0.3 is 0 Å². The molecule has 0 aromatic rings. The predicted molar refractivity (Wildman–Crippen MR) is 50.1 cm³/mol. The standard InChI is InChI=1S/C6H11NO.C3H6O2/c1-3-4-5(2)6(7)8;4-1-3-2-5-3/h2-4H2,1H3,(H2,7,8);3-4H,1-2H2. The maximum Gasteiger partial charge on any atom is 0.244 e. The lowest BCUT2D eigenvalue weighted by Crippen LogP contribution is -2.12. The van der Waals surface area contributed by atoms with E-state index in [4.69, 9.17) is 10.8 Å². The number of nitrogens with two attached hydrogens (primary N) is 1. The second-order valence-electron chi connectivity index (χ2n) is 2.86. The van der Waals surface area contributed by atoms with Gasteiger partial charge in [0.2, 0.25) is 5.91 Å². The van der Waals surface area contributed by atoms with Gasteiger partial charge in [0, 0.05) is 5.57 Å². The Morgan fingerprint density at radius 2 is 2.31 bits per heavy atom. The zero-order valence-corrected chi connectivity index (χ0v) is 7.95. The lowest BCUT2D eigenvalue weighted by molar-refractivity contribution is -0.114. The van der Waals surface area contributed by atoms with E-state index in [0.29, 0.717) is 5.57 Å². The van der Waals surface area contributed by atoms with Gasteiger partial charge in [-0.15, -0.1) is 0 Å². The van der Waals surface area contributed by atoms with E-state index in [2.05, 4.69) is 11.3 Å². The van der Waals surface area contributed by atoms with Gasteiger partial charge < -0.3 is 15.6 Å².